The molecule has 6 unspecified atom stereocenters. The third kappa shape index (κ3) is 19.2. The number of allylic oxidation sites excluding steroid dienone is 1. The van der Waals surface area contributed by atoms with Crippen LogP contribution in [0.2, 0.25) is 0 Å². The van der Waals surface area contributed by atoms with Crippen LogP contribution in [0.4, 0.5) is 0 Å². The second-order valence-corrected chi connectivity index (χ2v) is 13.3. The summed E-state index contributed by atoms with van der Waals surface area (Å²) in [6.07, 6.45) is 13.9. The number of alkyl halides is 5. The van der Waals surface area contributed by atoms with E-state index in [1.54, 1.807) is 0 Å². The third-order valence-electron chi connectivity index (χ3n) is 5.92. The number of hydrogen-bond acceptors (Lipinski definition) is 5. The fourth-order valence-electron chi connectivity index (χ4n) is 3.73. The number of rotatable bonds is 23. The lowest BCUT2D eigenvalue weighted by atomic mass is 9.99. The molecule has 6 atom stereocenters. The highest BCUT2D eigenvalue weighted by molar-refractivity contribution is 7.80. The first-order valence-corrected chi connectivity index (χ1v) is 16.7. The van der Waals surface area contributed by atoms with Gasteiger partial charge in [0.25, 0.3) is 10.4 Å². The minimum atomic E-state index is -4.77. The van der Waals surface area contributed by atoms with Gasteiger partial charge in [0.15, 0.2) is 0 Å². The summed E-state index contributed by atoms with van der Waals surface area (Å²) in [6.45, 7) is 2.18. The van der Waals surface area contributed by atoms with Crippen molar-refractivity contribution in [2.45, 2.75) is 136 Å². The summed E-state index contributed by atoms with van der Waals surface area (Å²) in [5.41, 5.74) is 0. The number of unbranched alkanes of at least 4 members (excludes halogenated alkanes) is 10. The van der Waals surface area contributed by atoms with Crippen molar-refractivity contribution in [3.8, 4) is 0 Å². The predicted molar refractivity (Wildman–Crippen MR) is 154 cm³/mol. The maximum atomic E-state index is 10.6. The van der Waals surface area contributed by atoms with Gasteiger partial charge in [-0.3, -0.25) is 0 Å². The van der Waals surface area contributed by atoms with E-state index in [0.29, 0.717) is 12.8 Å². The zero-order valence-corrected chi connectivity index (χ0v) is 26.3. The molecular weight excluding hydrogens is 613 g/mol. The zero-order valence-electron chi connectivity index (χ0n) is 20.9. The first-order valence-electron chi connectivity index (χ1n) is 12.8. The normalized spacial score (nSPS) is 17.9. The summed E-state index contributed by atoms with van der Waals surface area (Å²) in [7, 11) is -4.77. The fourth-order valence-corrected chi connectivity index (χ4v) is 5.84. The Morgan fingerprint density at radius 3 is 1.72 bits per heavy atom. The first kappa shape index (κ1) is 37.1. The molecule has 0 rings (SSSR count). The summed E-state index contributed by atoms with van der Waals surface area (Å²) >= 11 is 38.0. The molecule has 0 aliphatic heterocycles. The van der Waals surface area contributed by atoms with E-state index < -0.39 is 38.0 Å². The molecule has 0 amide bonds. The largest absolute Gasteiger partial charge is 0.716 e. The minimum Gasteiger partial charge on any atom is -0.716 e. The molecule has 0 aromatic heterocycles. The lowest BCUT2D eigenvalue weighted by molar-refractivity contribution is 0.157. The Morgan fingerprint density at radius 2 is 1.22 bits per heavy atom. The van der Waals surface area contributed by atoms with E-state index >= 15 is 0 Å². The molecular formula is C24H41Cl6O5S-. The van der Waals surface area contributed by atoms with Gasteiger partial charge in [-0.1, -0.05) is 89.2 Å². The average Bonchev–Trinajstić information content (AvgIpc) is 2.83. The Balaban J connectivity index is 4.07. The van der Waals surface area contributed by atoms with E-state index in [4.69, 9.17) is 69.6 Å². The second kappa shape index (κ2) is 21.9. The van der Waals surface area contributed by atoms with Crippen LogP contribution in [0.5, 0.6) is 0 Å². The van der Waals surface area contributed by atoms with E-state index in [1.165, 1.54) is 25.7 Å². The zero-order chi connectivity index (χ0) is 27.6. The van der Waals surface area contributed by atoms with Gasteiger partial charge < -0.3 is 13.8 Å². The summed E-state index contributed by atoms with van der Waals surface area (Å²) in [6, 6.07) is 0. The Labute approximate surface area is 248 Å². The third-order valence-corrected chi connectivity index (χ3v) is 9.56. The Kier molecular flexibility index (Phi) is 22.6. The van der Waals surface area contributed by atoms with E-state index in [9.17, 15) is 18.1 Å². The highest BCUT2D eigenvalue weighted by Gasteiger charge is 2.36. The van der Waals surface area contributed by atoms with E-state index in [2.05, 4.69) is 11.1 Å². The Morgan fingerprint density at radius 1 is 0.778 bits per heavy atom. The second-order valence-electron chi connectivity index (χ2n) is 9.14. The van der Waals surface area contributed by atoms with Crippen LogP contribution in [-0.2, 0) is 14.6 Å². The maximum absolute atomic E-state index is 10.6. The fraction of sp³-hybridized carbons (Fsp3) is 0.917. The van der Waals surface area contributed by atoms with Gasteiger partial charge in [-0.25, -0.2) is 8.42 Å². The summed E-state index contributed by atoms with van der Waals surface area (Å²) < 4.78 is 35.1. The first-order chi connectivity index (χ1) is 16.9. The molecule has 1 N–H and O–H groups in total. The van der Waals surface area contributed by atoms with Crippen molar-refractivity contribution < 1.29 is 22.3 Å². The van der Waals surface area contributed by atoms with Crippen molar-refractivity contribution in [3.63, 3.8) is 0 Å². The molecule has 216 valence electrons. The van der Waals surface area contributed by atoms with Crippen molar-refractivity contribution in [1.29, 1.82) is 0 Å². The van der Waals surface area contributed by atoms with Gasteiger partial charge in [-0.15, -0.1) is 58.0 Å². The molecule has 0 spiro atoms. The van der Waals surface area contributed by atoms with E-state index in [0.717, 1.165) is 64.0 Å². The highest BCUT2D eigenvalue weighted by atomic mass is 35.5. The van der Waals surface area contributed by atoms with Gasteiger partial charge in [0, 0.05) is 0 Å². The van der Waals surface area contributed by atoms with Crippen LogP contribution >= 0.6 is 69.6 Å². The van der Waals surface area contributed by atoms with Crippen LogP contribution in [-0.4, -0.2) is 51.1 Å². The van der Waals surface area contributed by atoms with Gasteiger partial charge >= 0.3 is 0 Å². The van der Waals surface area contributed by atoms with Gasteiger partial charge in [0.05, 0.1) is 38.0 Å². The van der Waals surface area contributed by atoms with Crippen molar-refractivity contribution >= 4 is 80.0 Å². The molecule has 0 saturated carbocycles. The molecule has 0 aromatic carbocycles. The summed E-state index contributed by atoms with van der Waals surface area (Å²) in [5, 5.41) is 7.85. The van der Waals surface area contributed by atoms with Crippen LogP contribution in [0.3, 0.4) is 0 Å². The predicted octanol–water partition coefficient (Wildman–Crippen LogP) is 8.81. The number of halogens is 6. The number of aliphatic hydroxyl groups excluding tert-OH is 1. The van der Waals surface area contributed by atoms with Gasteiger partial charge in [-0.2, -0.15) is 0 Å². The maximum Gasteiger partial charge on any atom is 0.262 e. The van der Waals surface area contributed by atoms with Crippen molar-refractivity contribution in [2.24, 2.45) is 0 Å². The molecule has 0 aliphatic carbocycles. The topological polar surface area (TPSA) is 86.7 Å². The van der Waals surface area contributed by atoms with Crippen molar-refractivity contribution in [1.82, 2.24) is 0 Å². The summed E-state index contributed by atoms with van der Waals surface area (Å²) in [5.74, 6) is 0. The van der Waals surface area contributed by atoms with Crippen LogP contribution in [0, 0.1) is 0 Å². The summed E-state index contributed by atoms with van der Waals surface area (Å²) in [4.78, 5) is 0. The lowest BCUT2D eigenvalue weighted by Gasteiger charge is -2.29. The molecule has 0 fully saturated rings. The quantitative estimate of drug-likeness (QED) is 0.0391. The lowest BCUT2D eigenvalue weighted by Crippen LogP contribution is -2.43. The van der Waals surface area contributed by atoms with Crippen LogP contribution in [0.15, 0.2) is 11.3 Å². The SMILES string of the molecule is CCCCCCCCC(Cl)C(Cl)C(O)C(Cl)C(Cl)C(Cl)CCCCCCCC/C(Cl)=C\OS(=O)(=O)[O-]. The molecule has 0 aliphatic rings. The average molecular weight is 654 g/mol. The Hall–Kier alpha value is 1.15. The molecule has 5 nitrogen and oxygen atoms in total. The number of aliphatic hydroxyl groups is 1. The standard InChI is InChI=1S/C24H42Cl6O5S/c1-2-3-4-5-9-13-16-20(27)22(29)24(31)23(30)21(28)19(26)15-12-10-7-6-8-11-14-18(25)17-35-36(32,33)34/h17,19-24,31H,2-16H2,1H3,(H,32,33,34)/p-1/b18-17+. The van der Waals surface area contributed by atoms with Crippen molar-refractivity contribution in [3.05, 3.63) is 11.3 Å². The van der Waals surface area contributed by atoms with E-state index in [-0.39, 0.29) is 10.4 Å². The van der Waals surface area contributed by atoms with Crippen LogP contribution in [0.25, 0.3) is 0 Å². The molecule has 0 saturated heterocycles. The molecule has 0 radical (unpaired) electrons. The van der Waals surface area contributed by atoms with Gasteiger partial charge in [0.1, 0.15) is 6.26 Å². The van der Waals surface area contributed by atoms with Crippen LogP contribution < -0.4 is 0 Å². The smallest absolute Gasteiger partial charge is 0.262 e. The molecule has 0 aromatic rings. The monoisotopic (exact) mass is 651 g/mol. The van der Waals surface area contributed by atoms with Crippen LogP contribution in [0.1, 0.15) is 103 Å². The van der Waals surface area contributed by atoms with E-state index in [1.807, 2.05) is 0 Å². The van der Waals surface area contributed by atoms with Crippen molar-refractivity contribution in [2.75, 3.05) is 0 Å². The molecule has 0 bridgehead atoms. The number of hydrogen-bond donors (Lipinski definition) is 1. The minimum absolute atomic E-state index is 0.187. The molecule has 0 heterocycles. The van der Waals surface area contributed by atoms with Gasteiger partial charge in [0.2, 0.25) is 0 Å². The van der Waals surface area contributed by atoms with Gasteiger partial charge in [-0.05, 0) is 25.7 Å². The molecule has 12 heteroatoms. The highest BCUT2D eigenvalue weighted by Crippen LogP contribution is 2.30. The molecule has 36 heavy (non-hydrogen) atoms. The Bertz CT molecular complexity index is 682.